The van der Waals surface area contributed by atoms with Gasteiger partial charge in [0.2, 0.25) is 5.91 Å². The van der Waals surface area contributed by atoms with Crippen molar-refractivity contribution in [1.29, 1.82) is 0 Å². The highest BCUT2D eigenvalue weighted by molar-refractivity contribution is 5.79. The van der Waals surface area contributed by atoms with Crippen LogP contribution in [0.25, 0.3) is 0 Å². The fourth-order valence-corrected chi connectivity index (χ4v) is 2.16. The molecule has 0 aromatic heterocycles. The van der Waals surface area contributed by atoms with Crippen LogP contribution in [0.15, 0.2) is 0 Å². The third kappa shape index (κ3) is 2.27. The zero-order valence-corrected chi connectivity index (χ0v) is 8.80. The highest BCUT2D eigenvalue weighted by Crippen LogP contribution is 2.28. The van der Waals surface area contributed by atoms with Crippen LogP contribution in [-0.2, 0) is 4.79 Å². The van der Waals surface area contributed by atoms with Gasteiger partial charge in [0.25, 0.3) is 0 Å². The molecule has 0 radical (unpaired) electrons. The van der Waals surface area contributed by atoms with Crippen molar-refractivity contribution in [2.45, 2.75) is 32.1 Å². The van der Waals surface area contributed by atoms with Gasteiger partial charge in [0.15, 0.2) is 0 Å². The Labute approximate surface area is 85.8 Å². The molecule has 1 aliphatic carbocycles. The number of amides is 1. The second kappa shape index (κ2) is 4.78. The Morgan fingerprint density at radius 2 is 1.71 bits per heavy atom. The van der Waals surface area contributed by atoms with Crippen LogP contribution in [0.1, 0.15) is 32.1 Å². The van der Waals surface area contributed by atoms with E-state index in [-0.39, 0.29) is 0 Å². The average Bonchev–Trinajstić information content (AvgIpc) is 1.99. The molecule has 1 saturated heterocycles. The number of nitrogens with one attached hydrogen (secondary N) is 1. The van der Waals surface area contributed by atoms with E-state index in [1.165, 1.54) is 6.42 Å². The summed E-state index contributed by atoms with van der Waals surface area (Å²) >= 11 is 0. The molecule has 0 spiro atoms. The minimum Gasteiger partial charge on any atom is -0.342 e. The number of rotatable bonds is 1. The quantitative estimate of drug-likeness (QED) is 0.678. The Balaban J connectivity index is 1.83. The SMILES string of the molecule is O=C(C1CCC1)N1CCCNCCC1. The van der Waals surface area contributed by atoms with Crippen LogP contribution in [-0.4, -0.2) is 37.0 Å². The predicted molar refractivity (Wildman–Crippen MR) is 56.0 cm³/mol. The Hall–Kier alpha value is -0.570. The van der Waals surface area contributed by atoms with Gasteiger partial charge in [0.1, 0.15) is 0 Å². The molecule has 0 atom stereocenters. The van der Waals surface area contributed by atoms with E-state index in [1.54, 1.807) is 0 Å². The first-order valence-electron chi connectivity index (χ1n) is 5.87. The maximum absolute atomic E-state index is 12.0. The summed E-state index contributed by atoms with van der Waals surface area (Å²) < 4.78 is 0. The minimum atomic E-state index is 0.377. The topological polar surface area (TPSA) is 32.3 Å². The van der Waals surface area contributed by atoms with E-state index >= 15 is 0 Å². The molecule has 1 N–H and O–H groups in total. The van der Waals surface area contributed by atoms with E-state index < -0.39 is 0 Å². The number of carbonyl (C=O) groups excluding carboxylic acids is 1. The minimum absolute atomic E-state index is 0.377. The smallest absolute Gasteiger partial charge is 0.225 e. The first-order chi connectivity index (χ1) is 6.88. The molecular weight excluding hydrogens is 176 g/mol. The molecule has 2 rings (SSSR count). The van der Waals surface area contributed by atoms with Crippen LogP contribution in [0.3, 0.4) is 0 Å². The highest BCUT2D eigenvalue weighted by atomic mass is 16.2. The summed E-state index contributed by atoms with van der Waals surface area (Å²) in [7, 11) is 0. The van der Waals surface area contributed by atoms with Gasteiger partial charge in [-0.3, -0.25) is 4.79 Å². The second-order valence-electron chi connectivity index (χ2n) is 4.41. The van der Waals surface area contributed by atoms with Gasteiger partial charge in [-0.2, -0.15) is 0 Å². The van der Waals surface area contributed by atoms with E-state index in [9.17, 15) is 4.79 Å². The van der Waals surface area contributed by atoms with Crippen LogP contribution in [0.2, 0.25) is 0 Å². The van der Waals surface area contributed by atoms with Crippen LogP contribution < -0.4 is 5.32 Å². The molecule has 0 unspecified atom stereocenters. The van der Waals surface area contributed by atoms with Gasteiger partial charge in [0, 0.05) is 19.0 Å². The molecule has 1 heterocycles. The number of hydrogen-bond acceptors (Lipinski definition) is 2. The molecule has 1 amide bonds. The monoisotopic (exact) mass is 196 g/mol. The Kier molecular flexibility index (Phi) is 3.40. The van der Waals surface area contributed by atoms with Gasteiger partial charge in [0.05, 0.1) is 0 Å². The fraction of sp³-hybridized carbons (Fsp3) is 0.909. The van der Waals surface area contributed by atoms with Gasteiger partial charge in [-0.05, 0) is 38.8 Å². The van der Waals surface area contributed by atoms with E-state index in [0.29, 0.717) is 11.8 Å². The summed E-state index contributed by atoms with van der Waals surface area (Å²) in [6.07, 6.45) is 5.74. The van der Waals surface area contributed by atoms with Gasteiger partial charge in [-0.15, -0.1) is 0 Å². The maximum Gasteiger partial charge on any atom is 0.225 e. The molecule has 80 valence electrons. The second-order valence-corrected chi connectivity index (χ2v) is 4.41. The molecule has 3 heteroatoms. The third-order valence-electron chi connectivity index (χ3n) is 3.33. The lowest BCUT2D eigenvalue weighted by Gasteiger charge is -2.32. The van der Waals surface area contributed by atoms with Crippen LogP contribution in [0.5, 0.6) is 0 Å². The van der Waals surface area contributed by atoms with Crippen LogP contribution >= 0.6 is 0 Å². The summed E-state index contributed by atoms with van der Waals surface area (Å²) in [6.45, 7) is 4.05. The molecule has 0 bridgehead atoms. The van der Waals surface area contributed by atoms with Crippen molar-refractivity contribution < 1.29 is 4.79 Å². The third-order valence-corrected chi connectivity index (χ3v) is 3.33. The standard InChI is InChI=1S/C11H20N2O/c14-11(10-4-1-5-10)13-8-2-6-12-7-3-9-13/h10,12H,1-9H2. The Morgan fingerprint density at radius 3 is 2.21 bits per heavy atom. The molecule has 1 saturated carbocycles. The lowest BCUT2D eigenvalue weighted by Crippen LogP contribution is -2.42. The molecule has 14 heavy (non-hydrogen) atoms. The predicted octanol–water partition coefficient (Wildman–Crippen LogP) is 0.998. The lowest BCUT2D eigenvalue weighted by atomic mass is 9.84. The van der Waals surface area contributed by atoms with Gasteiger partial charge < -0.3 is 10.2 Å². The Morgan fingerprint density at radius 1 is 1.07 bits per heavy atom. The van der Waals surface area contributed by atoms with Gasteiger partial charge >= 0.3 is 0 Å². The van der Waals surface area contributed by atoms with Crippen molar-refractivity contribution in [2.75, 3.05) is 26.2 Å². The summed E-state index contributed by atoms with van der Waals surface area (Å²) in [5, 5.41) is 3.37. The van der Waals surface area contributed by atoms with E-state index in [0.717, 1.165) is 51.9 Å². The highest BCUT2D eigenvalue weighted by Gasteiger charge is 2.29. The molecule has 3 nitrogen and oxygen atoms in total. The zero-order chi connectivity index (χ0) is 9.80. The average molecular weight is 196 g/mol. The van der Waals surface area contributed by atoms with Crippen molar-refractivity contribution in [2.24, 2.45) is 5.92 Å². The van der Waals surface area contributed by atoms with Crippen molar-refractivity contribution in [1.82, 2.24) is 10.2 Å². The van der Waals surface area contributed by atoms with Crippen LogP contribution in [0.4, 0.5) is 0 Å². The summed E-state index contributed by atoms with van der Waals surface area (Å²) in [5.41, 5.74) is 0. The van der Waals surface area contributed by atoms with E-state index in [4.69, 9.17) is 0 Å². The zero-order valence-electron chi connectivity index (χ0n) is 8.80. The maximum atomic E-state index is 12.0. The first-order valence-corrected chi connectivity index (χ1v) is 5.87. The molecule has 0 aromatic rings. The van der Waals surface area contributed by atoms with Crippen LogP contribution in [0, 0.1) is 5.92 Å². The van der Waals surface area contributed by atoms with Crippen molar-refractivity contribution in [3.05, 3.63) is 0 Å². The molecular formula is C11H20N2O. The number of carbonyl (C=O) groups is 1. The molecule has 0 aromatic carbocycles. The van der Waals surface area contributed by atoms with Crippen molar-refractivity contribution in [3.63, 3.8) is 0 Å². The van der Waals surface area contributed by atoms with Gasteiger partial charge in [-0.1, -0.05) is 6.42 Å². The normalized spacial score (nSPS) is 25.0. The number of nitrogens with zero attached hydrogens (tertiary/aromatic N) is 1. The molecule has 2 aliphatic rings. The van der Waals surface area contributed by atoms with Crippen molar-refractivity contribution in [3.8, 4) is 0 Å². The molecule has 1 aliphatic heterocycles. The largest absolute Gasteiger partial charge is 0.342 e. The first kappa shape index (κ1) is 9.97. The number of hydrogen-bond donors (Lipinski definition) is 1. The van der Waals surface area contributed by atoms with Gasteiger partial charge in [-0.25, -0.2) is 0 Å². The molecule has 2 fully saturated rings. The van der Waals surface area contributed by atoms with Crippen molar-refractivity contribution >= 4 is 5.91 Å². The van der Waals surface area contributed by atoms with E-state index in [2.05, 4.69) is 10.2 Å². The Bertz CT molecular complexity index is 193. The summed E-state index contributed by atoms with van der Waals surface area (Å²) in [4.78, 5) is 14.0. The fourth-order valence-electron chi connectivity index (χ4n) is 2.16. The lowest BCUT2D eigenvalue weighted by molar-refractivity contribution is -0.138. The summed E-state index contributed by atoms with van der Waals surface area (Å²) in [6, 6.07) is 0. The van der Waals surface area contributed by atoms with E-state index in [1.807, 2.05) is 0 Å². The summed E-state index contributed by atoms with van der Waals surface area (Å²) in [5.74, 6) is 0.806.